The molecule has 1 aromatic heterocycles. The second kappa shape index (κ2) is 4.97. The fourth-order valence-corrected chi connectivity index (χ4v) is 2.17. The van der Waals surface area contributed by atoms with E-state index in [9.17, 15) is 4.39 Å². The van der Waals surface area contributed by atoms with Gasteiger partial charge in [-0.2, -0.15) is 0 Å². The second-order valence-electron chi connectivity index (χ2n) is 4.74. The maximum atomic E-state index is 12.9. The van der Waals surface area contributed by atoms with Crippen molar-refractivity contribution in [1.82, 2.24) is 4.98 Å². The van der Waals surface area contributed by atoms with E-state index in [1.165, 1.54) is 12.3 Å². The van der Waals surface area contributed by atoms with Crippen LogP contribution < -0.4 is 10.5 Å². The number of pyridine rings is 1. The molecule has 0 aliphatic heterocycles. The molecule has 0 bridgehead atoms. The van der Waals surface area contributed by atoms with Crippen molar-refractivity contribution in [2.45, 2.75) is 19.4 Å². The van der Waals surface area contributed by atoms with Crippen LogP contribution in [0.1, 0.15) is 23.7 Å². The van der Waals surface area contributed by atoms with Gasteiger partial charge in [0, 0.05) is 0 Å². The van der Waals surface area contributed by atoms with Gasteiger partial charge in [0.15, 0.2) is 0 Å². The summed E-state index contributed by atoms with van der Waals surface area (Å²) in [4.78, 5) is 4.08. The summed E-state index contributed by atoms with van der Waals surface area (Å²) in [7, 11) is 1.62. The van der Waals surface area contributed by atoms with Gasteiger partial charge in [-0.1, -0.05) is 6.07 Å². The van der Waals surface area contributed by atoms with Gasteiger partial charge in [-0.25, -0.2) is 4.39 Å². The van der Waals surface area contributed by atoms with Crippen molar-refractivity contribution in [3.8, 4) is 5.75 Å². The first-order chi connectivity index (χ1) is 8.95. The predicted octanol–water partition coefficient (Wildman–Crippen LogP) is 2.76. The van der Waals surface area contributed by atoms with Gasteiger partial charge in [0.25, 0.3) is 0 Å². The highest BCUT2D eigenvalue weighted by Gasteiger charge is 2.27. The topological polar surface area (TPSA) is 48.1 Å². The third-order valence-electron chi connectivity index (χ3n) is 3.25. The molecular weight excluding hydrogens is 243 g/mol. The van der Waals surface area contributed by atoms with Crippen LogP contribution >= 0.6 is 0 Å². The fourth-order valence-electron chi connectivity index (χ4n) is 2.17. The Morgan fingerprint density at radius 2 is 2.00 bits per heavy atom. The monoisotopic (exact) mass is 260 g/mol. The van der Waals surface area contributed by atoms with Crippen molar-refractivity contribution in [3.63, 3.8) is 0 Å². The Labute approximate surface area is 112 Å². The minimum atomic E-state index is -0.774. The average Bonchev–Trinajstić information content (AvgIpc) is 2.38. The van der Waals surface area contributed by atoms with Crippen LogP contribution in [0.4, 0.5) is 4.39 Å². The van der Waals surface area contributed by atoms with Crippen molar-refractivity contribution >= 4 is 0 Å². The van der Waals surface area contributed by atoms with E-state index in [-0.39, 0.29) is 5.82 Å². The Morgan fingerprint density at radius 3 is 2.53 bits per heavy atom. The highest BCUT2D eigenvalue weighted by Crippen LogP contribution is 2.29. The van der Waals surface area contributed by atoms with E-state index in [1.54, 1.807) is 13.2 Å². The molecule has 1 heterocycles. The van der Waals surface area contributed by atoms with Crippen LogP contribution in [-0.2, 0) is 5.54 Å². The third-order valence-corrected chi connectivity index (χ3v) is 3.25. The number of hydrogen-bond acceptors (Lipinski definition) is 3. The number of nitrogens with zero attached hydrogens (tertiary/aromatic N) is 1. The lowest BCUT2D eigenvalue weighted by Gasteiger charge is -2.26. The first kappa shape index (κ1) is 13.5. The van der Waals surface area contributed by atoms with Crippen LogP contribution in [-0.4, -0.2) is 12.1 Å². The standard InChI is InChI=1S/C15H17FN2O/c1-10-8-12(19-3)5-6-13(10)15(2,17)14-7-4-11(16)9-18-14/h4-9H,17H2,1-3H3. The molecule has 1 aromatic carbocycles. The van der Waals surface area contributed by atoms with E-state index in [4.69, 9.17) is 10.5 Å². The average molecular weight is 260 g/mol. The molecule has 0 amide bonds. The summed E-state index contributed by atoms with van der Waals surface area (Å²) in [5.74, 6) is 0.412. The highest BCUT2D eigenvalue weighted by molar-refractivity contribution is 5.42. The van der Waals surface area contributed by atoms with Crippen molar-refractivity contribution in [1.29, 1.82) is 0 Å². The molecule has 2 N–H and O–H groups in total. The maximum Gasteiger partial charge on any atom is 0.141 e. The Balaban J connectivity index is 2.46. The SMILES string of the molecule is COc1ccc(C(C)(N)c2ccc(F)cn2)c(C)c1. The molecule has 0 fully saturated rings. The Hall–Kier alpha value is -1.94. The smallest absolute Gasteiger partial charge is 0.141 e. The summed E-state index contributed by atoms with van der Waals surface area (Å²) < 4.78 is 18.1. The van der Waals surface area contributed by atoms with Gasteiger partial charge < -0.3 is 10.5 Å². The number of rotatable bonds is 3. The fraction of sp³-hybridized carbons (Fsp3) is 0.267. The normalized spacial score (nSPS) is 13.9. The van der Waals surface area contributed by atoms with Gasteiger partial charge in [0.2, 0.25) is 0 Å². The van der Waals surface area contributed by atoms with Crippen LogP contribution in [0.2, 0.25) is 0 Å². The molecule has 1 unspecified atom stereocenters. The molecule has 2 rings (SSSR count). The summed E-state index contributed by atoms with van der Waals surface area (Å²) in [5.41, 5.74) is 8.18. The number of benzene rings is 1. The van der Waals surface area contributed by atoms with E-state index in [2.05, 4.69) is 4.98 Å². The number of nitrogens with two attached hydrogens (primary N) is 1. The molecule has 0 radical (unpaired) electrons. The van der Waals surface area contributed by atoms with Crippen molar-refractivity contribution in [3.05, 3.63) is 59.2 Å². The Morgan fingerprint density at radius 1 is 1.26 bits per heavy atom. The van der Waals surface area contributed by atoms with Gasteiger partial charge in [-0.3, -0.25) is 4.98 Å². The molecule has 0 saturated heterocycles. The van der Waals surface area contributed by atoms with Crippen molar-refractivity contribution < 1.29 is 9.13 Å². The van der Waals surface area contributed by atoms with Crippen LogP contribution in [0.3, 0.4) is 0 Å². The van der Waals surface area contributed by atoms with Crippen LogP contribution in [0.15, 0.2) is 36.5 Å². The minimum absolute atomic E-state index is 0.369. The minimum Gasteiger partial charge on any atom is -0.497 e. The van der Waals surface area contributed by atoms with E-state index < -0.39 is 5.54 Å². The zero-order chi connectivity index (χ0) is 14.0. The quantitative estimate of drug-likeness (QED) is 0.923. The summed E-state index contributed by atoms with van der Waals surface area (Å²) >= 11 is 0. The predicted molar refractivity (Wildman–Crippen MR) is 72.6 cm³/mol. The molecule has 19 heavy (non-hydrogen) atoms. The highest BCUT2D eigenvalue weighted by atomic mass is 19.1. The van der Waals surface area contributed by atoms with Gasteiger partial charge in [0.1, 0.15) is 11.6 Å². The first-order valence-corrected chi connectivity index (χ1v) is 6.01. The van der Waals surface area contributed by atoms with Gasteiger partial charge >= 0.3 is 0 Å². The molecule has 4 heteroatoms. The maximum absolute atomic E-state index is 12.9. The van der Waals surface area contributed by atoms with Crippen molar-refractivity contribution in [2.24, 2.45) is 5.73 Å². The van der Waals surface area contributed by atoms with Crippen LogP contribution in [0.5, 0.6) is 5.75 Å². The molecule has 2 aromatic rings. The number of methoxy groups -OCH3 is 1. The van der Waals surface area contributed by atoms with E-state index in [0.29, 0.717) is 5.69 Å². The second-order valence-corrected chi connectivity index (χ2v) is 4.74. The lowest BCUT2D eigenvalue weighted by Crippen LogP contribution is -2.36. The lowest BCUT2D eigenvalue weighted by molar-refractivity contribution is 0.413. The number of ether oxygens (including phenoxy) is 1. The molecule has 0 saturated carbocycles. The summed E-state index contributed by atoms with van der Waals surface area (Å²) in [6, 6.07) is 8.67. The number of aryl methyl sites for hydroxylation is 1. The molecule has 0 aliphatic rings. The summed E-state index contributed by atoms with van der Waals surface area (Å²) in [5, 5.41) is 0. The number of hydrogen-bond donors (Lipinski definition) is 1. The van der Waals surface area contributed by atoms with Gasteiger partial charge in [0.05, 0.1) is 24.5 Å². The van der Waals surface area contributed by atoms with E-state index in [1.807, 2.05) is 32.0 Å². The van der Waals surface area contributed by atoms with Gasteiger partial charge in [-0.15, -0.1) is 0 Å². The molecule has 0 spiro atoms. The molecule has 3 nitrogen and oxygen atoms in total. The molecular formula is C15H17FN2O. The largest absolute Gasteiger partial charge is 0.497 e. The molecule has 1 atom stereocenters. The number of halogens is 1. The lowest BCUT2D eigenvalue weighted by atomic mass is 9.86. The molecule has 0 aliphatic carbocycles. The van der Waals surface area contributed by atoms with E-state index >= 15 is 0 Å². The number of aromatic nitrogens is 1. The summed E-state index contributed by atoms with van der Waals surface area (Å²) in [6.07, 6.45) is 1.18. The molecule has 100 valence electrons. The zero-order valence-corrected chi connectivity index (χ0v) is 11.3. The Bertz CT molecular complexity index is 579. The van der Waals surface area contributed by atoms with Crippen LogP contribution in [0, 0.1) is 12.7 Å². The van der Waals surface area contributed by atoms with Crippen LogP contribution in [0.25, 0.3) is 0 Å². The van der Waals surface area contributed by atoms with E-state index in [0.717, 1.165) is 16.9 Å². The first-order valence-electron chi connectivity index (χ1n) is 6.01. The third kappa shape index (κ3) is 2.58. The van der Waals surface area contributed by atoms with Crippen molar-refractivity contribution in [2.75, 3.05) is 7.11 Å². The Kier molecular flexibility index (Phi) is 3.53. The van der Waals surface area contributed by atoms with Gasteiger partial charge in [-0.05, 0) is 49.2 Å². The zero-order valence-electron chi connectivity index (χ0n) is 11.3. The summed E-state index contributed by atoms with van der Waals surface area (Å²) in [6.45, 7) is 3.83.